The largest absolute Gasteiger partial charge is 0.496 e. The minimum Gasteiger partial charge on any atom is -0.496 e. The Kier molecular flexibility index (Phi) is 8.18. The molecule has 2 heterocycles. The smallest absolute Gasteiger partial charge is 0.257 e. The van der Waals surface area contributed by atoms with Crippen LogP contribution in [-0.2, 0) is 0 Å². The lowest BCUT2D eigenvalue weighted by atomic mass is 9.99. The topological polar surface area (TPSA) is 98.0 Å². The molecule has 1 fully saturated rings. The van der Waals surface area contributed by atoms with E-state index in [9.17, 15) is 9.59 Å². The minimum atomic E-state index is -0.516. The molecule has 0 spiro atoms. The van der Waals surface area contributed by atoms with Crippen molar-refractivity contribution in [2.45, 2.75) is 26.3 Å². The summed E-state index contributed by atoms with van der Waals surface area (Å²) >= 11 is 6.07. The van der Waals surface area contributed by atoms with E-state index in [1.165, 1.54) is 7.11 Å². The number of piperazine rings is 1. The van der Waals surface area contributed by atoms with E-state index >= 15 is 0 Å². The highest BCUT2D eigenvalue weighted by atomic mass is 35.5. The van der Waals surface area contributed by atoms with Gasteiger partial charge in [0.25, 0.3) is 11.8 Å². The standard InChI is InChI=1S/C28H31ClN4O4/c1-4-20-17-32(28(35)22-10-9-19(29)16-25(22)36-3)13-14-33(20)24-11-8-18(15-23(24)26(30)34)21-7-6-12-31-27(21)37-5-2/h6-12,15-16,20H,4-5,13-14,17H2,1-3H3,(H2,30,34)/t20-/m1/s1. The zero-order valence-electron chi connectivity index (χ0n) is 21.2. The Bertz CT molecular complexity index is 1300. The number of ether oxygens (including phenoxy) is 2. The van der Waals surface area contributed by atoms with E-state index in [-0.39, 0.29) is 11.9 Å². The lowest BCUT2D eigenvalue weighted by Gasteiger charge is -2.43. The molecule has 1 aliphatic heterocycles. The maximum absolute atomic E-state index is 13.3. The zero-order valence-corrected chi connectivity index (χ0v) is 22.0. The van der Waals surface area contributed by atoms with Crippen molar-refractivity contribution < 1.29 is 19.1 Å². The molecule has 1 aromatic heterocycles. The van der Waals surface area contributed by atoms with Crippen LogP contribution < -0.4 is 20.1 Å². The highest BCUT2D eigenvalue weighted by molar-refractivity contribution is 6.30. The molecule has 1 atom stereocenters. The molecule has 2 aromatic carbocycles. The summed E-state index contributed by atoms with van der Waals surface area (Å²) in [5, 5.41) is 0.506. The van der Waals surface area contributed by atoms with Crippen molar-refractivity contribution in [1.82, 2.24) is 9.88 Å². The quantitative estimate of drug-likeness (QED) is 0.462. The van der Waals surface area contributed by atoms with Crippen molar-refractivity contribution in [1.29, 1.82) is 0 Å². The van der Waals surface area contributed by atoms with Gasteiger partial charge in [-0.15, -0.1) is 0 Å². The molecule has 2 amide bonds. The summed E-state index contributed by atoms with van der Waals surface area (Å²) in [5.41, 5.74) is 9.07. The second kappa shape index (κ2) is 11.5. The van der Waals surface area contributed by atoms with Crippen LogP contribution in [0.2, 0.25) is 5.02 Å². The predicted molar refractivity (Wildman–Crippen MR) is 145 cm³/mol. The second-order valence-electron chi connectivity index (χ2n) is 8.74. The molecule has 2 N–H and O–H groups in total. The van der Waals surface area contributed by atoms with Gasteiger partial charge in [0.05, 0.1) is 24.8 Å². The molecule has 1 saturated heterocycles. The summed E-state index contributed by atoms with van der Waals surface area (Å²) in [4.78, 5) is 34.2. The van der Waals surface area contributed by atoms with Gasteiger partial charge in [-0.3, -0.25) is 9.59 Å². The average molecular weight is 523 g/mol. The third-order valence-corrected chi connectivity index (χ3v) is 6.80. The molecule has 37 heavy (non-hydrogen) atoms. The molecular formula is C28H31ClN4O4. The average Bonchev–Trinajstić information content (AvgIpc) is 2.92. The number of rotatable bonds is 8. The van der Waals surface area contributed by atoms with Crippen LogP contribution in [-0.4, -0.2) is 61.1 Å². The van der Waals surface area contributed by atoms with Gasteiger partial charge in [-0.05, 0) is 61.4 Å². The van der Waals surface area contributed by atoms with Gasteiger partial charge in [0.15, 0.2) is 0 Å². The second-order valence-corrected chi connectivity index (χ2v) is 9.17. The van der Waals surface area contributed by atoms with E-state index in [1.54, 1.807) is 30.5 Å². The summed E-state index contributed by atoms with van der Waals surface area (Å²) in [6.07, 6.45) is 2.45. The van der Waals surface area contributed by atoms with Crippen molar-refractivity contribution in [3.63, 3.8) is 0 Å². The van der Waals surface area contributed by atoms with Crippen molar-refractivity contribution >= 4 is 29.1 Å². The van der Waals surface area contributed by atoms with Crippen LogP contribution in [0.25, 0.3) is 11.1 Å². The summed E-state index contributed by atoms with van der Waals surface area (Å²) in [6.45, 7) is 5.98. The lowest BCUT2D eigenvalue weighted by molar-refractivity contribution is 0.0716. The first-order chi connectivity index (χ1) is 17.9. The van der Waals surface area contributed by atoms with E-state index in [0.29, 0.717) is 54.0 Å². The molecule has 3 aromatic rings. The molecule has 0 bridgehead atoms. The van der Waals surface area contributed by atoms with E-state index in [2.05, 4.69) is 16.8 Å². The number of carbonyl (C=O) groups excluding carboxylic acids is 2. The number of primary amides is 1. The molecule has 0 saturated carbocycles. The van der Waals surface area contributed by atoms with Crippen LogP contribution in [0.4, 0.5) is 5.69 Å². The molecule has 0 radical (unpaired) electrons. The fourth-order valence-corrected chi connectivity index (χ4v) is 4.89. The lowest BCUT2D eigenvalue weighted by Crippen LogP contribution is -2.55. The Labute approximate surface area is 221 Å². The van der Waals surface area contributed by atoms with Crippen molar-refractivity contribution in [2.75, 3.05) is 38.3 Å². The number of hydrogen-bond donors (Lipinski definition) is 1. The van der Waals surface area contributed by atoms with Gasteiger partial charge >= 0.3 is 0 Å². The van der Waals surface area contributed by atoms with Crippen molar-refractivity contribution in [3.8, 4) is 22.8 Å². The van der Waals surface area contributed by atoms with Gasteiger partial charge in [-0.1, -0.05) is 24.6 Å². The first-order valence-electron chi connectivity index (χ1n) is 12.3. The third-order valence-electron chi connectivity index (χ3n) is 6.57. The van der Waals surface area contributed by atoms with E-state index < -0.39 is 5.91 Å². The van der Waals surface area contributed by atoms with Crippen LogP contribution in [0.1, 0.15) is 41.0 Å². The number of pyridine rings is 1. The van der Waals surface area contributed by atoms with Gasteiger partial charge in [0, 0.05) is 48.1 Å². The highest BCUT2D eigenvalue weighted by Gasteiger charge is 2.32. The number of anilines is 1. The number of halogens is 1. The molecule has 4 rings (SSSR count). The SMILES string of the molecule is CCOc1ncccc1-c1ccc(N2CCN(C(=O)c3ccc(Cl)cc3OC)C[C@H]2CC)c(C(N)=O)c1. The number of methoxy groups -OCH3 is 1. The zero-order chi connectivity index (χ0) is 26.5. The monoisotopic (exact) mass is 522 g/mol. The van der Waals surface area contributed by atoms with Gasteiger partial charge in [-0.25, -0.2) is 4.98 Å². The summed E-state index contributed by atoms with van der Waals surface area (Å²) in [7, 11) is 1.52. The fourth-order valence-electron chi connectivity index (χ4n) is 4.73. The van der Waals surface area contributed by atoms with Crippen LogP contribution in [0.3, 0.4) is 0 Å². The number of aromatic nitrogens is 1. The number of nitrogens with zero attached hydrogens (tertiary/aromatic N) is 3. The Balaban J connectivity index is 1.62. The normalized spacial score (nSPS) is 15.4. The Morgan fingerprint density at radius 3 is 2.62 bits per heavy atom. The highest BCUT2D eigenvalue weighted by Crippen LogP contribution is 2.34. The molecule has 8 nitrogen and oxygen atoms in total. The maximum Gasteiger partial charge on any atom is 0.257 e. The van der Waals surface area contributed by atoms with Crippen LogP contribution in [0.5, 0.6) is 11.6 Å². The fraction of sp³-hybridized carbons (Fsp3) is 0.321. The molecule has 1 aliphatic rings. The molecular weight excluding hydrogens is 492 g/mol. The third kappa shape index (κ3) is 5.49. The van der Waals surface area contributed by atoms with Gasteiger partial charge in [0.1, 0.15) is 5.75 Å². The predicted octanol–water partition coefficient (Wildman–Crippen LogP) is 4.65. The maximum atomic E-state index is 13.3. The number of nitrogens with two attached hydrogens (primary N) is 1. The Hall–Kier alpha value is -3.78. The summed E-state index contributed by atoms with van der Waals surface area (Å²) < 4.78 is 11.1. The summed E-state index contributed by atoms with van der Waals surface area (Å²) in [6, 6.07) is 14.4. The Morgan fingerprint density at radius 2 is 1.92 bits per heavy atom. The molecule has 0 aliphatic carbocycles. The van der Waals surface area contributed by atoms with Crippen molar-refractivity contribution in [3.05, 3.63) is 70.9 Å². The van der Waals surface area contributed by atoms with Gasteiger partial charge < -0.3 is 25.0 Å². The van der Waals surface area contributed by atoms with Crippen LogP contribution >= 0.6 is 11.6 Å². The Morgan fingerprint density at radius 1 is 1.11 bits per heavy atom. The minimum absolute atomic E-state index is 0.00248. The molecule has 9 heteroatoms. The number of hydrogen-bond acceptors (Lipinski definition) is 6. The van der Waals surface area contributed by atoms with E-state index in [4.69, 9.17) is 26.8 Å². The van der Waals surface area contributed by atoms with Gasteiger partial charge in [-0.2, -0.15) is 0 Å². The first-order valence-corrected chi connectivity index (χ1v) is 12.7. The van der Waals surface area contributed by atoms with E-state index in [0.717, 1.165) is 23.2 Å². The van der Waals surface area contributed by atoms with Gasteiger partial charge in [0.2, 0.25) is 5.88 Å². The first kappa shape index (κ1) is 26.3. The summed E-state index contributed by atoms with van der Waals surface area (Å²) in [5.74, 6) is 0.320. The number of amides is 2. The molecule has 0 unspecified atom stereocenters. The van der Waals surface area contributed by atoms with Crippen LogP contribution in [0, 0.1) is 0 Å². The molecule has 194 valence electrons. The van der Waals surface area contributed by atoms with Crippen molar-refractivity contribution in [2.24, 2.45) is 5.73 Å². The van der Waals surface area contributed by atoms with Crippen LogP contribution in [0.15, 0.2) is 54.7 Å². The number of carbonyl (C=O) groups is 2. The van der Waals surface area contributed by atoms with E-state index in [1.807, 2.05) is 36.1 Å². The number of benzene rings is 2.